The van der Waals surface area contributed by atoms with Crippen molar-refractivity contribution in [2.75, 3.05) is 5.32 Å². The van der Waals surface area contributed by atoms with E-state index < -0.39 is 18.0 Å². The van der Waals surface area contributed by atoms with Crippen LogP contribution < -0.4 is 10.1 Å². The summed E-state index contributed by atoms with van der Waals surface area (Å²) in [6.45, 7) is 2.67. The standard InChI is InChI=1S/C29H22FN3O5/c1-17(34)33-29(21-9-14-23(15-10-21)31-27(36)20-7-12-22(30)13-8-20)38-28(32-33)26-24-6-4-3-5-19(24)11-16-25(26)37-18(2)35/h3-16,29H,1-2H3,(H,31,36)/t29-/m0/s1. The van der Waals surface area contributed by atoms with Crippen molar-refractivity contribution in [3.05, 3.63) is 107 Å². The van der Waals surface area contributed by atoms with Gasteiger partial charge in [-0.25, -0.2) is 4.39 Å². The number of hydrogen-bond acceptors (Lipinski definition) is 6. The van der Waals surface area contributed by atoms with Crippen LogP contribution in [0.25, 0.3) is 10.8 Å². The quantitative estimate of drug-likeness (QED) is 0.286. The van der Waals surface area contributed by atoms with Gasteiger partial charge in [-0.15, -0.1) is 5.10 Å². The fraction of sp³-hybridized carbons (Fsp3) is 0.103. The lowest BCUT2D eigenvalue weighted by Crippen LogP contribution is -2.25. The van der Waals surface area contributed by atoms with Crippen LogP contribution in [0.2, 0.25) is 0 Å². The average molecular weight is 512 g/mol. The third-order valence-corrected chi connectivity index (χ3v) is 5.89. The SMILES string of the molecule is CC(=O)Oc1ccc2ccccc2c1C1=NN(C(C)=O)[C@H](c2ccc(NC(=O)c3ccc(F)cc3)cc2)O1. The minimum absolute atomic E-state index is 0.131. The Balaban J connectivity index is 1.43. The maximum absolute atomic E-state index is 13.1. The molecule has 1 atom stereocenters. The first-order chi connectivity index (χ1) is 18.3. The Kier molecular flexibility index (Phi) is 6.57. The zero-order valence-electron chi connectivity index (χ0n) is 20.5. The maximum Gasteiger partial charge on any atom is 0.308 e. The molecule has 5 rings (SSSR count). The number of anilines is 1. The normalized spacial score (nSPS) is 14.6. The van der Waals surface area contributed by atoms with Gasteiger partial charge in [-0.05, 0) is 53.2 Å². The fourth-order valence-corrected chi connectivity index (χ4v) is 4.13. The van der Waals surface area contributed by atoms with Gasteiger partial charge in [0, 0.05) is 30.7 Å². The van der Waals surface area contributed by atoms with Crippen LogP contribution in [0.5, 0.6) is 5.75 Å². The van der Waals surface area contributed by atoms with Gasteiger partial charge in [0.1, 0.15) is 11.6 Å². The van der Waals surface area contributed by atoms with Gasteiger partial charge in [0.05, 0.1) is 5.56 Å². The van der Waals surface area contributed by atoms with Gasteiger partial charge in [-0.3, -0.25) is 14.4 Å². The highest BCUT2D eigenvalue weighted by atomic mass is 19.1. The van der Waals surface area contributed by atoms with Crippen molar-refractivity contribution in [1.29, 1.82) is 0 Å². The number of benzene rings is 4. The number of hydrazone groups is 1. The Hall–Kier alpha value is -5.05. The van der Waals surface area contributed by atoms with Crippen LogP contribution in [0, 0.1) is 5.82 Å². The molecule has 0 aliphatic carbocycles. The summed E-state index contributed by atoms with van der Waals surface area (Å²) in [5.41, 5.74) is 1.88. The lowest BCUT2D eigenvalue weighted by molar-refractivity contribution is -0.135. The Morgan fingerprint density at radius 3 is 2.32 bits per heavy atom. The summed E-state index contributed by atoms with van der Waals surface area (Å²) in [4.78, 5) is 36.7. The molecule has 38 heavy (non-hydrogen) atoms. The zero-order valence-corrected chi connectivity index (χ0v) is 20.5. The van der Waals surface area contributed by atoms with E-state index in [9.17, 15) is 18.8 Å². The van der Waals surface area contributed by atoms with Crippen molar-refractivity contribution < 1.29 is 28.2 Å². The number of esters is 1. The van der Waals surface area contributed by atoms with Gasteiger partial charge in [0.2, 0.25) is 18.0 Å². The molecule has 0 saturated carbocycles. The van der Waals surface area contributed by atoms with Crippen molar-refractivity contribution in [1.82, 2.24) is 5.01 Å². The number of fused-ring (bicyclic) bond motifs is 1. The number of carbonyl (C=O) groups excluding carboxylic acids is 3. The second-order valence-corrected chi connectivity index (χ2v) is 8.58. The van der Waals surface area contributed by atoms with E-state index in [2.05, 4.69) is 10.4 Å². The molecule has 4 aromatic carbocycles. The summed E-state index contributed by atoms with van der Waals surface area (Å²) in [7, 11) is 0. The van der Waals surface area contributed by atoms with Crippen LogP contribution in [0.3, 0.4) is 0 Å². The number of amides is 2. The molecule has 190 valence electrons. The number of nitrogens with one attached hydrogen (secondary N) is 1. The molecular formula is C29H22FN3O5. The second kappa shape index (κ2) is 10.1. The Bertz CT molecular complexity index is 1580. The van der Waals surface area contributed by atoms with E-state index >= 15 is 0 Å². The van der Waals surface area contributed by atoms with Crippen LogP contribution in [-0.2, 0) is 14.3 Å². The van der Waals surface area contributed by atoms with Crippen LogP contribution >= 0.6 is 0 Å². The molecule has 0 bridgehead atoms. The van der Waals surface area contributed by atoms with Gasteiger partial charge in [0.15, 0.2) is 0 Å². The summed E-state index contributed by atoms with van der Waals surface area (Å²) < 4.78 is 24.8. The minimum atomic E-state index is -0.881. The number of ether oxygens (including phenoxy) is 2. The first-order valence-electron chi connectivity index (χ1n) is 11.7. The summed E-state index contributed by atoms with van der Waals surface area (Å²) in [6.07, 6.45) is -0.881. The predicted molar refractivity (Wildman–Crippen MR) is 139 cm³/mol. The molecule has 8 nitrogen and oxygen atoms in total. The molecule has 1 aliphatic heterocycles. The lowest BCUT2D eigenvalue weighted by atomic mass is 10.0. The van der Waals surface area contributed by atoms with Gasteiger partial charge in [-0.1, -0.05) is 42.5 Å². The molecule has 0 saturated heterocycles. The molecule has 1 heterocycles. The summed E-state index contributed by atoms with van der Waals surface area (Å²) >= 11 is 0. The van der Waals surface area contributed by atoms with E-state index in [-0.39, 0.29) is 23.5 Å². The fourth-order valence-electron chi connectivity index (χ4n) is 4.13. The van der Waals surface area contributed by atoms with E-state index in [0.29, 0.717) is 22.4 Å². The average Bonchev–Trinajstić information content (AvgIpc) is 3.34. The first kappa shape index (κ1) is 24.6. The second-order valence-electron chi connectivity index (χ2n) is 8.58. The van der Waals surface area contributed by atoms with Gasteiger partial charge in [0.25, 0.3) is 5.91 Å². The van der Waals surface area contributed by atoms with E-state index in [1.165, 1.54) is 43.1 Å². The van der Waals surface area contributed by atoms with Gasteiger partial charge >= 0.3 is 5.97 Å². The monoisotopic (exact) mass is 511 g/mol. The van der Waals surface area contributed by atoms with Crippen molar-refractivity contribution in [2.45, 2.75) is 20.1 Å². The Labute approximate surface area is 217 Å². The first-order valence-corrected chi connectivity index (χ1v) is 11.7. The molecule has 0 aromatic heterocycles. The maximum atomic E-state index is 13.1. The molecule has 4 aromatic rings. The Morgan fingerprint density at radius 2 is 1.63 bits per heavy atom. The number of rotatable bonds is 5. The number of nitrogens with zero attached hydrogens (tertiary/aromatic N) is 2. The van der Waals surface area contributed by atoms with Crippen molar-refractivity contribution in [3.63, 3.8) is 0 Å². The van der Waals surface area contributed by atoms with Crippen LogP contribution in [0.1, 0.15) is 41.6 Å². The van der Waals surface area contributed by atoms with E-state index in [1.807, 2.05) is 30.3 Å². The minimum Gasteiger partial charge on any atom is -0.446 e. The van der Waals surface area contributed by atoms with Crippen LogP contribution in [-0.4, -0.2) is 28.7 Å². The van der Waals surface area contributed by atoms with E-state index in [0.717, 1.165) is 10.8 Å². The molecule has 2 amide bonds. The van der Waals surface area contributed by atoms with Crippen LogP contribution in [0.15, 0.2) is 90.0 Å². The lowest BCUT2D eigenvalue weighted by Gasteiger charge is -2.20. The predicted octanol–water partition coefficient (Wildman–Crippen LogP) is 5.40. The highest BCUT2D eigenvalue weighted by Gasteiger charge is 2.35. The largest absolute Gasteiger partial charge is 0.446 e. The van der Waals surface area contributed by atoms with Crippen molar-refractivity contribution in [2.24, 2.45) is 5.10 Å². The number of halogens is 1. The molecule has 0 unspecified atom stereocenters. The highest BCUT2D eigenvalue weighted by molar-refractivity contribution is 6.10. The molecule has 9 heteroatoms. The van der Waals surface area contributed by atoms with E-state index in [1.54, 1.807) is 30.3 Å². The molecular weight excluding hydrogens is 489 g/mol. The highest BCUT2D eigenvalue weighted by Crippen LogP contribution is 2.36. The smallest absolute Gasteiger partial charge is 0.308 e. The Morgan fingerprint density at radius 1 is 0.921 bits per heavy atom. The molecule has 1 N–H and O–H groups in total. The number of carbonyl (C=O) groups is 3. The summed E-state index contributed by atoms with van der Waals surface area (Å²) in [5, 5.41) is 10.0. The van der Waals surface area contributed by atoms with Crippen LogP contribution in [0.4, 0.5) is 10.1 Å². The molecule has 1 aliphatic rings. The topological polar surface area (TPSA) is 97.3 Å². The van der Waals surface area contributed by atoms with Gasteiger partial charge in [-0.2, -0.15) is 5.01 Å². The molecule has 0 radical (unpaired) electrons. The van der Waals surface area contributed by atoms with Crippen molar-refractivity contribution >= 4 is 40.1 Å². The molecule has 0 spiro atoms. The number of hydrogen-bond donors (Lipinski definition) is 1. The summed E-state index contributed by atoms with van der Waals surface area (Å²) in [5.74, 6) is -1.28. The van der Waals surface area contributed by atoms with E-state index in [4.69, 9.17) is 9.47 Å². The van der Waals surface area contributed by atoms with Gasteiger partial charge < -0.3 is 14.8 Å². The third-order valence-electron chi connectivity index (χ3n) is 5.89. The third kappa shape index (κ3) is 4.94. The molecule has 0 fully saturated rings. The summed E-state index contributed by atoms with van der Waals surface area (Å²) in [6, 6.07) is 22.9. The van der Waals surface area contributed by atoms with Crippen molar-refractivity contribution in [3.8, 4) is 5.75 Å². The zero-order chi connectivity index (χ0) is 26.8.